The number of hydrogen-bond acceptors (Lipinski definition) is 8. The monoisotopic (exact) mass is 487 g/mol. The van der Waals surface area contributed by atoms with Crippen LogP contribution in [0.3, 0.4) is 0 Å². The fourth-order valence-corrected chi connectivity index (χ4v) is 5.28. The summed E-state index contributed by atoms with van der Waals surface area (Å²) < 4.78 is 47.5. The van der Waals surface area contributed by atoms with E-state index in [1.54, 1.807) is 6.92 Å². The van der Waals surface area contributed by atoms with Gasteiger partial charge < -0.3 is 24.7 Å². The maximum Gasteiger partial charge on any atom is 0.283 e. The highest BCUT2D eigenvalue weighted by Crippen LogP contribution is 2.62. The molecule has 1 aromatic heterocycles. The number of hydrogen-bond donors (Lipinski definition) is 1. The number of aromatic nitrogens is 1. The van der Waals surface area contributed by atoms with E-state index in [0.717, 1.165) is 11.1 Å². The van der Waals surface area contributed by atoms with Gasteiger partial charge in [-0.1, -0.05) is 6.07 Å². The number of Topliss-reactive ketones (excluding diaryl/α,β-unsaturated/α-hetero) is 1. The van der Waals surface area contributed by atoms with Gasteiger partial charge in [0.25, 0.3) is 12.4 Å². The van der Waals surface area contributed by atoms with Crippen molar-refractivity contribution in [2.45, 2.75) is 44.8 Å². The Balaban J connectivity index is 1.45. The SMILES string of the molecule is Cc1cc(OCC(F)F)cnc1C(=O)Cc1ccc2c(c1)C1(COC(N)=N1)C1(COC1)C(C)(C)O2. The molecule has 3 aliphatic rings. The van der Waals surface area contributed by atoms with E-state index < -0.39 is 29.6 Å². The predicted octanol–water partition coefficient (Wildman–Crippen LogP) is 3.19. The molecule has 2 aromatic rings. The molecule has 0 aliphatic carbocycles. The third-order valence-electron chi connectivity index (χ3n) is 7.28. The lowest BCUT2D eigenvalue weighted by Gasteiger charge is -2.61. The number of nitrogens with two attached hydrogens (primary N) is 1. The Labute approximate surface area is 201 Å². The van der Waals surface area contributed by atoms with Gasteiger partial charge in [-0.15, -0.1) is 0 Å². The molecule has 186 valence electrons. The molecule has 2 N–H and O–H groups in total. The van der Waals surface area contributed by atoms with E-state index in [-0.39, 0.29) is 36.3 Å². The van der Waals surface area contributed by atoms with Crippen LogP contribution in [0.15, 0.2) is 35.5 Å². The molecule has 1 atom stereocenters. The van der Waals surface area contributed by atoms with Crippen LogP contribution in [0.4, 0.5) is 8.78 Å². The molecule has 0 radical (unpaired) electrons. The standard InChI is InChI=1S/C25H27F2N3O5/c1-14-6-16(33-10-20(26)27)9-29-21(14)18(31)8-15-4-5-19-17(7-15)25(13-34-22(28)30-25)24(11-32-12-24)23(2,3)35-19/h4-7,9,20H,8,10-13H2,1-3H3,(H2,28,30). The highest BCUT2D eigenvalue weighted by Gasteiger charge is 2.71. The Bertz CT molecular complexity index is 1210. The molecule has 1 aromatic carbocycles. The molecular weight excluding hydrogens is 460 g/mol. The van der Waals surface area contributed by atoms with E-state index in [1.165, 1.54) is 12.3 Å². The van der Waals surface area contributed by atoms with Crippen LogP contribution in [0.2, 0.25) is 0 Å². The molecule has 5 rings (SSSR count). The van der Waals surface area contributed by atoms with Crippen LogP contribution < -0.4 is 15.2 Å². The summed E-state index contributed by atoms with van der Waals surface area (Å²) in [6, 6.07) is 7.26. The van der Waals surface area contributed by atoms with Crippen molar-refractivity contribution >= 4 is 11.8 Å². The number of benzene rings is 1. The molecule has 1 saturated heterocycles. The Morgan fingerprint density at radius 1 is 1.23 bits per heavy atom. The van der Waals surface area contributed by atoms with Crippen LogP contribution >= 0.6 is 0 Å². The maximum atomic E-state index is 13.1. The zero-order chi connectivity index (χ0) is 25.0. The highest BCUT2D eigenvalue weighted by molar-refractivity contribution is 5.97. The van der Waals surface area contributed by atoms with E-state index in [1.807, 2.05) is 32.0 Å². The number of nitrogens with zero attached hydrogens (tertiary/aromatic N) is 2. The third kappa shape index (κ3) is 3.62. The van der Waals surface area contributed by atoms with Crippen LogP contribution in [0, 0.1) is 12.3 Å². The molecule has 3 aliphatic heterocycles. The Morgan fingerprint density at radius 3 is 2.60 bits per heavy atom. The lowest BCUT2D eigenvalue weighted by atomic mass is 9.55. The Morgan fingerprint density at radius 2 is 2.00 bits per heavy atom. The number of fused-ring (bicyclic) bond motifs is 3. The van der Waals surface area contributed by atoms with E-state index in [0.29, 0.717) is 24.5 Å². The quantitative estimate of drug-likeness (QED) is 0.624. The molecule has 10 heteroatoms. The van der Waals surface area contributed by atoms with Crippen molar-refractivity contribution < 1.29 is 32.5 Å². The van der Waals surface area contributed by atoms with Crippen LogP contribution in [0.5, 0.6) is 11.5 Å². The summed E-state index contributed by atoms with van der Waals surface area (Å²) in [5.41, 5.74) is 6.52. The van der Waals surface area contributed by atoms with Crippen molar-refractivity contribution in [3.05, 3.63) is 52.8 Å². The van der Waals surface area contributed by atoms with Gasteiger partial charge in [-0.25, -0.2) is 18.8 Å². The summed E-state index contributed by atoms with van der Waals surface area (Å²) in [7, 11) is 0. The van der Waals surface area contributed by atoms with E-state index in [2.05, 4.69) is 4.98 Å². The first-order chi connectivity index (χ1) is 16.6. The fraction of sp³-hybridized carbons (Fsp3) is 0.480. The van der Waals surface area contributed by atoms with Gasteiger partial charge in [-0.2, -0.15) is 0 Å². The average molecular weight is 488 g/mol. The summed E-state index contributed by atoms with van der Waals surface area (Å²) in [5.74, 6) is 0.654. The smallest absolute Gasteiger partial charge is 0.283 e. The average Bonchev–Trinajstić information content (AvgIpc) is 3.13. The van der Waals surface area contributed by atoms with Gasteiger partial charge in [-0.3, -0.25) is 4.79 Å². The molecule has 2 spiro atoms. The molecule has 8 nitrogen and oxygen atoms in total. The molecule has 0 bridgehead atoms. The van der Waals surface area contributed by atoms with Gasteiger partial charge in [0.15, 0.2) is 5.78 Å². The number of aliphatic imine (C=N–C) groups is 1. The molecule has 35 heavy (non-hydrogen) atoms. The first-order valence-electron chi connectivity index (χ1n) is 11.4. The summed E-state index contributed by atoms with van der Waals surface area (Å²) in [4.78, 5) is 22.0. The number of halogens is 2. The largest absolute Gasteiger partial charge is 0.487 e. The molecule has 1 fully saturated rings. The number of aryl methyl sites for hydroxylation is 1. The number of ketones is 1. The van der Waals surface area contributed by atoms with E-state index >= 15 is 0 Å². The summed E-state index contributed by atoms with van der Waals surface area (Å²) in [5, 5.41) is 0. The van der Waals surface area contributed by atoms with Crippen LogP contribution in [-0.2, 0) is 21.4 Å². The molecule has 4 heterocycles. The summed E-state index contributed by atoms with van der Waals surface area (Å²) >= 11 is 0. The Hall–Kier alpha value is -3.27. The maximum absolute atomic E-state index is 13.1. The molecule has 0 saturated carbocycles. The normalized spacial score (nSPS) is 23.3. The van der Waals surface area contributed by atoms with Crippen molar-refractivity contribution in [3.63, 3.8) is 0 Å². The second kappa shape index (κ2) is 8.15. The van der Waals surface area contributed by atoms with E-state index in [4.69, 9.17) is 29.7 Å². The lowest BCUT2D eigenvalue weighted by molar-refractivity contribution is -0.247. The van der Waals surface area contributed by atoms with Gasteiger partial charge >= 0.3 is 0 Å². The van der Waals surface area contributed by atoms with Crippen LogP contribution in [0.25, 0.3) is 0 Å². The van der Waals surface area contributed by atoms with Gasteiger partial charge in [-0.05, 0) is 50.1 Å². The number of pyridine rings is 1. The van der Waals surface area contributed by atoms with Crippen LogP contribution in [-0.4, -0.2) is 55.2 Å². The number of carbonyl (C=O) groups excluding carboxylic acids is 1. The minimum atomic E-state index is -2.59. The first kappa shape index (κ1) is 23.5. The fourth-order valence-electron chi connectivity index (χ4n) is 5.28. The second-order valence-electron chi connectivity index (χ2n) is 9.76. The van der Waals surface area contributed by atoms with Gasteiger partial charge in [0.2, 0.25) is 0 Å². The zero-order valence-electron chi connectivity index (χ0n) is 19.8. The number of alkyl halides is 2. The Kier molecular flexibility index (Phi) is 5.47. The van der Waals surface area contributed by atoms with Crippen molar-refractivity contribution in [1.29, 1.82) is 0 Å². The first-order valence-corrected chi connectivity index (χ1v) is 11.4. The van der Waals surface area contributed by atoms with Crippen molar-refractivity contribution in [3.8, 4) is 11.5 Å². The zero-order valence-corrected chi connectivity index (χ0v) is 19.8. The minimum Gasteiger partial charge on any atom is -0.487 e. The summed E-state index contributed by atoms with van der Waals surface area (Å²) in [6.07, 6.45) is -1.22. The number of ether oxygens (including phenoxy) is 4. The molecule has 1 unspecified atom stereocenters. The van der Waals surface area contributed by atoms with Gasteiger partial charge in [0, 0.05) is 12.0 Å². The topological polar surface area (TPSA) is 105 Å². The van der Waals surface area contributed by atoms with Gasteiger partial charge in [0.05, 0.1) is 24.8 Å². The number of carbonyl (C=O) groups is 1. The highest BCUT2D eigenvalue weighted by atomic mass is 19.3. The van der Waals surface area contributed by atoms with Crippen LogP contribution in [0.1, 0.15) is 41.0 Å². The predicted molar refractivity (Wildman–Crippen MR) is 122 cm³/mol. The molecule has 0 amide bonds. The summed E-state index contributed by atoms with van der Waals surface area (Å²) in [6.45, 7) is 6.17. The van der Waals surface area contributed by atoms with Crippen molar-refractivity contribution in [1.82, 2.24) is 4.98 Å². The van der Waals surface area contributed by atoms with E-state index in [9.17, 15) is 13.6 Å². The van der Waals surface area contributed by atoms with Crippen molar-refractivity contribution in [2.24, 2.45) is 16.1 Å². The number of amidine groups is 1. The minimum absolute atomic E-state index is 0.0847. The number of rotatable bonds is 6. The third-order valence-corrected chi connectivity index (χ3v) is 7.28. The molecular formula is C25H27F2N3O5. The van der Waals surface area contributed by atoms with Gasteiger partial charge in [0.1, 0.15) is 41.5 Å². The lowest BCUT2D eigenvalue weighted by Crippen LogP contribution is -2.71. The second-order valence-corrected chi connectivity index (χ2v) is 9.76. The van der Waals surface area contributed by atoms with Crippen molar-refractivity contribution in [2.75, 3.05) is 26.4 Å².